The summed E-state index contributed by atoms with van der Waals surface area (Å²) in [4.78, 5) is 16.0. The molecule has 0 saturated heterocycles. The number of furan rings is 2. The standard InChI is InChI=1S/C69H40N4O2S/c1-2-14-41(15-3-1)67-70-68(48-31-33-53-51-20-4-7-27-60(51)74-62(53)39-48)72-69(71-67)73-59-35-32-47(50-24-13-26-57-52-21-5-8-28-61(52)75-66(50)57)38-58(59)56-25-12-23-49(65(56)73)46-19-11-18-44(37-46)42-16-10-17-43(36-42)45-30-34-55-54-22-6-9-29-63(54)76-64(55)40-45/h1-40H. The van der Waals surface area contributed by atoms with Crippen LogP contribution in [0.4, 0.5) is 0 Å². The first-order valence-corrected chi connectivity index (χ1v) is 26.3. The monoisotopic (exact) mass is 988 g/mol. The number of aromatic nitrogens is 4. The van der Waals surface area contributed by atoms with Crippen LogP contribution in [0.5, 0.6) is 0 Å². The van der Waals surface area contributed by atoms with Crippen LogP contribution in [0.2, 0.25) is 0 Å². The smallest absolute Gasteiger partial charge is 0.238 e. The van der Waals surface area contributed by atoms with E-state index in [0.717, 1.165) is 110 Å². The van der Waals surface area contributed by atoms with Crippen molar-refractivity contribution in [1.82, 2.24) is 19.5 Å². The second-order valence-electron chi connectivity index (χ2n) is 19.5. The second kappa shape index (κ2) is 16.8. The highest BCUT2D eigenvalue weighted by atomic mass is 32.1. The first-order valence-electron chi connectivity index (χ1n) is 25.5. The Hall–Kier alpha value is -9.95. The summed E-state index contributed by atoms with van der Waals surface area (Å²) in [6.07, 6.45) is 0. The molecule has 0 atom stereocenters. The highest BCUT2D eigenvalue weighted by molar-refractivity contribution is 7.25. The zero-order valence-corrected chi connectivity index (χ0v) is 41.4. The normalized spacial score (nSPS) is 11.9. The van der Waals surface area contributed by atoms with E-state index < -0.39 is 0 Å². The number of hydrogen-bond acceptors (Lipinski definition) is 6. The SMILES string of the molecule is c1ccc(-c2nc(-c3ccc4c(c3)oc3ccccc34)nc(-n3c4ccc(-c5cccc6c5oc5ccccc56)cc4c4cccc(-c5cccc(-c6cccc(-c7ccc8c(c7)sc7ccccc78)c6)c5)c43)n2)cc1. The average molecular weight is 989 g/mol. The Bertz CT molecular complexity index is 5020. The van der Waals surface area contributed by atoms with Gasteiger partial charge in [0.05, 0.1) is 11.0 Å². The summed E-state index contributed by atoms with van der Waals surface area (Å²) in [5.41, 5.74) is 15.9. The van der Waals surface area contributed by atoms with Crippen LogP contribution >= 0.6 is 11.3 Å². The lowest BCUT2D eigenvalue weighted by Crippen LogP contribution is -2.07. The van der Waals surface area contributed by atoms with Crippen molar-refractivity contribution in [1.29, 1.82) is 0 Å². The van der Waals surface area contributed by atoms with Crippen LogP contribution in [0.1, 0.15) is 0 Å². The molecule has 0 aliphatic carbocycles. The number of para-hydroxylation sites is 4. The molecule has 0 aliphatic heterocycles. The molecule has 5 heterocycles. The van der Waals surface area contributed by atoms with Gasteiger partial charge in [-0.1, -0.05) is 182 Å². The topological polar surface area (TPSA) is 69.9 Å². The molecule has 0 unspecified atom stereocenters. The molecule has 0 saturated carbocycles. The van der Waals surface area contributed by atoms with E-state index in [0.29, 0.717) is 17.6 Å². The van der Waals surface area contributed by atoms with E-state index >= 15 is 0 Å². The van der Waals surface area contributed by atoms with Crippen LogP contribution in [0, 0.1) is 0 Å². The minimum Gasteiger partial charge on any atom is -0.456 e. The zero-order chi connectivity index (χ0) is 49.8. The molecule has 5 aromatic heterocycles. The van der Waals surface area contributed by atoms with Crippen LogP contribution in [0.3, 0.4) is 0 Å². The van der Waals surface area contributed by atoms with Gasteiger partial charge >= 0.3 is 0 Å². The second-order valence-corrected chi connectivity index (χ2v) is 20.6. The summed E-state index contributed by atoms with van der Waals surface area (Å²) in [6, 6.07) is 85.9. The summed E-state index contributed by atoms with van der Waals surface area (Å²) in [5, 5.41) is 9.05. The van der Waals surface area contributed by atoms with Gasteiger partial charge in [-0.05, 0) is 94.0 Å². The van der Waals surface area contributed by atoms with E-state index in [1.807, 2.05) is 65.9 Å². The number of fused-ring (bicyclic) bond motifs is 12. The molecule has 7 heteroatoms. The Kier molecular flexibility index (Phi) is 9.40. The van der Waals surface area contributed by atoms with Crippen molar-refractivity contribution in [2.45, 2.75) is 0 Å². The minimum atomic E-state index is 0.507. The molecule has 0 fully saturated rings. The summed E-state index contributed by atoms with van der Waals surface area (Å²) < 4.78 is 17.9. The molecular formula is C69H40N4O2S. The number of benzene rings is 11. The predicted octanol–water partition coefficient (Wildman–Crippen LogP) is 19.1. The Morgan fingerprint density at radius 1 is 0.303 bits per heavy atom. The molecule has 0 spiro atoms. The zero-order valence-electron chi connectivity index (χ0n) is 40.6. The van der Waals surface area contributed by atoms with E-state index in [2.05, 4.69) is 193 Å². The Morgan fingerprint density at radius 3 is 1.66 bits per heavy atom. The van der Waals surface area contributed by atoms with Gasteiger partial charge in [-0.3, -0.25) is 4.57 Å². The molecule has 6 nitrogen and oxygen atoms in total. The van der Waals surface area contributed by atoms with Gasteiger partial charge in [0.2, 0.25) is 5.95 Å². The van der Waals surface area contributed by atoms with Crippen LogP contribution < -0.4 is 0 Å². The number of rotatable bonds is 7. The molecule has 76 heavy (non-hydrogen) atoms. The van der Waals surface area contributed by atoms with Gasteiger partial charge in [0.1, 0.15) is 22.3 Å². The van der Waals surface area contributed by atoms with E-state index in [-0.39, 0.29) is 0 Å². The van der Waals surface area contributed by atoms with E-state index in [4.69, 9.17) is 23.8 Å². The van der Waals surface area contributed by atoms with Crippen LogP contribution in [-0.2, 0) is 0 Å². The highest BCUT2D eigenvalue weighted by Crippen LogP contribution is 2.44. The minimum absolute atomic E-state index is 0.507. The molecule has 16 aromatic rings. The van der Waals surface area contributed by atoms with Crippen molar-refractivity contribution < 1.29 is 8.83 Å². The fraction of sp³-hybridized carbons (Fsp3) is 0. The first kappa shape index (κ1) is 42.5. The summed E-state index contributed by atoms with van der Waals surface area (Å²) in [5.74, 6) is 1.62. The molecule has 11 aromatic carbocycles. The average Bonchev–Trinajstić information content (AvgIpc) is 4.26. The van der Waals surface area contributed by atoms with E-state index in [9.17, 15) is 0 Å². The maximum atomic E-state index is 6.61. The number of nitrogens with zero attached hydrogens (tertiary/aromatic N) is 4. The van der Waals surface area contributed by atoms with Crippen molar-refractivity contribution in [3.05, 3.63) is 243 Å². The van der Waals surface area contributed by atoms with Crippen molar-refractivity contribution >= 4 is 97.2 Å². The summed E-state index contributed by atoms with van der Waals surface area (Å²) in [7, 11) is 0. The molecule has 16 rings (SSSR count). The maximum Gasteiger partial charge on any atom is 0.238 e. The largest absolute Gasteiger partial charge is 0.456 e. The lowest BCUT2D eigenvalue weighted by molar-refractivity contribution is 0.669. The van der Waals surface area contributed by atoms with Gasteiger partial charge < -0.3 is 8.83 Å². The molecule has 0 N–H and O–H groups in total. The molecule has 0 bridgehead atoms. The van der Waals surface area contributed by atoms with Gasteiger partial charge in [0.15, 0.2) is 11.6 Å². The Morgan fingerprint density at radius 2 is 0.842 bits per heavy atom. The fourth-order valence-corrected chi connectivity index (χ4v) is 12.6. The Labute approximate surface area is 439 Å². The van der Waals surface area contributed by atoms with Gasteiger partial charge in [-0.15, -0.1) is 11.3 Å². The fourth-order valence-electron chi connectivity index (χ4n) is 11.5. The first-order chi connectivity index (χ1) is 37.6. The Balaban J connectivity index is 0.903. The van der Waals surface area contributed by atoms with Gasteiger partial charge in [-0.2, -0.15) is 9.97 Å². The van der Waals surface area contributed by atoms with Crippen LogP contribution in [-0.4, -0.2) is 19.5 Å². The van der Waals surface area contributed by atoms with Gasteiger partial charge in [0.25, 0.3) is 0 Å². The maximum absolute atomic E-state index is 6.61. The third-order valence-electron chi connectivity index (χ3n) is 15.1. The molecule has 0 radical (unpaired) electrons. The van der Waals surface area contributed by atoms with Gasteiger partial charge in [-0.25, -0.2) is 4.98 Å². The summed E-state index contributed by atoms with van der Waals surface area (Å²) in [6.45, 7) is 0. The molecule has 0 aliphatic rings. The molecular weight excluding hydrogens is 949 g/mol. The lowest BCUT2D eigenvalue weighted by atomic mass is 9.95. The van der Waals surface area contributed by atoms with Crippen molar-refractivity contribution in [3.8, 4) is 73.2 Å². The third kappa shape index (κ3) is 6.76. The van der Waals surface area contributed by atoms with E-state index in [1.165, 1.54) is 31.3 Å². The van der Waals surface area contributed by atoms with Crippen LogP contribution in [0.15, 0.2) is 251 Å². The van der Waals surface area contributed by atoms with Crippen LogP contribution in [0.25, 0.3) is 159 Å². The lowest BCUT2D eigenvalue weighted by Gasteiger charge is -2.14. The highest BCUT2D eigenvalue weighted by Gasteiger charge is 2.23. The van der Waals surface area contributed by atoms with Crippen molar-refractivity contribution in [2.75, 3.05) is 0 Å². The quantitative estimate of drug-likeness (QED) is 0.159. The number of hydrogen-bond donors (Lipinski definition) is 0. The number of thiophene rings is 1. The van der Waals surface area contributed by atoms with E-state index in [1.54, 1.807) is 0 Å². The van der Waals surface area contributed by atoms with Crippen molar-refractivity contribution in [3.63, 3.8) is 0 Å². The van der Waals surface area contributed by atoms with Gasteiger partial charge in [0, 0.05) is 74.7 Å². The third-order valence-corrected chi connectivity index (χ3v) is 16.2. The van der Waals surface area contributed by atoms with Crippen molar-refractivity contribution in [2.24, 2.45) is 0 Å². The molecule has 0 amide bonds. The summed E-state index contributed by atoms with van der Waals surface area (Å²) >= 11 is 1.85. The molecule has 354 valence electrons. The predicted molar refractivity (Wildman–Crippen MR) is 314 cm³/mol.